The molecular formula is C10H12N2S. The first-order valence-electron chi connectivity index (χ1n) is 4.36. The minimum Gasteiger partial charge on any atom is -0.367 e. The lowest BCUT2D eigenvalue weighted by molar-refractivity contribution is 0.893. The molecule has 0 fully saturated rings. The highest BCUT2D eigenvalue weighted by Gasteiger charge is 2.03. The van der Waals surface area contributed by atoms with Crippen LogP contribution < -0.4 is 5.32 Å². The van der Waals surface area contributed by atoms with Crippen molar-refractivity contribution in [1.82, 2.24) is 4.98 Å². The average Bonchev–Trinajstić information content (AvgIpc) is 2.51. The molecule has 2 heterocycles. The van der Waals surface area contributed by atoms with Crippen LogP contribution in [0.15, 0.2) is 23.7 Å². The molecule has 2 rings (SSSR count). The van der Waals surface area contributed by atoms with E-state index < -0.39 is 0 Å². The van der Waals surface area contributed by atoms with Gasteiger partial charge in [-0.05, 0) is 36.7 Å². The monoisotopic (exact) mass is 192 g/mol. The van der Waals surface area contributed by atoms with E-state index >= 15 is 0 Å². The standard InChI is InChI=1S/C10H12N2S/c1-7(2)12-10-9-8(3-5-11-10)4-6-13-9/h3-7H,1-2H3,(H,11,12). The summed E-state index contributed by atoms with van der Waals surface area (Å²) in [5.74, 6) is 1.00. The van der Waals surface area contributed by atoms with Gasteiger partial charge >= 0.3 is 0 Å². The van der Waals surface area contributed by atoms with Crippen LogP contribution in [-0.2, 0) is 0 Å². The topological polar surface area (TPSA) is 24.9 Å². The van der Waals surface area contributed by atoms with Gasteiger partial charge in [-0.15, -0.1) is 11.3 Å². The zero-order valence-electron chi connectivity index (χ0n) is 7.74. The minimum atomic E-state index is 0.431. The van der Waals surface area contributed by atoms with E-state index in [1.54, 1.807) is 11.3 Å². The zero-order chi connectivity index (χ0) is 9.26. The largest absolute Gasteiger partial charge is 0.367 e. The second-order valence-electron chi connectivity index (χ2n) is 3.30. The third kappa shape index (κ3) is 1.65. The van der Waals surface area contributed by atoms with Crippen molar-refractivity contribution < 1.29 is 0 Å². The van der Waals surface area contributed by atoms with Crippen molar-refractivity contribution in [2.45, 2.75) is 19.9 Å². The third-order valence-corrected chi connectivity index (χ3v) is 2.73. The number of hydrogen-bond acceptors (Lipinski definition) is 3. The summed E-state index contributed by atoms with van der Waals surface area (Å²) in [6, 6.07) is 4.59. The van der Waals surface area contributed by atoms with Crippen molar-refractivity contribution in [2.24, 2.45) is 0 Å². The molecule has 0 unspecified atom stereocenters. The maximum atomic E-state index is 4.32. The predicted molar refractivity (Wildman–Crippen MR) is 58.4 cm³/mol. The molecule has 0 bridgehead atoms. The third-order valence-electron chi connectivity index (χ3n) is 1.79. The first kappa shape index (κ1) is 8.51. The summed E-state index contributed by atoms with van der Waals surface area (Å²) in [7, 11) is 0. The van der Waals surface area contributed by atoms with Crippen molar-refractivity contribution in [2.75, 3.05) is 5.32 Å². The van der Waals surface area contributed by atoms with Crippen molar-refractivity contribution >= 4 is 27.2 Å². The molecule has 0 aliphatic heterocycles. The Hall–Kier alpha value is -1.09. The maximum absolute atomic E-state index is 4.32. The number of pyridine rings is 1. The molecule has 0 aliphatic rings. The lowest BCUT2D eigenvalue weighted by atomic mass is 10.3. The van der Waals surface area contributed by atoms with Crippen molar-refractivity contribution in [3.05, 3.63) is 23.7 Å². The number of aromatic nitrogens is 1. The van der Waals surface area contributed by atoms with E-state index in [1.165, 1.54) is 10.1 Å². The second kappa shape index (κ2) is 3.34. The van der Waals surface area contributed by atoms with Crippen LogP contribution in [0.4, 0.5) is 5.82 Å². The highest BCUT2D eigenvalue weighted by Crippen LogP contribution is 2.26. The molecule has 1 N–H and O–H groups in total. The number of nitrogens with one attached hydrogen (secondary N) is 1. The molecule has 0 atom stereocenters. The fraction of sp³-hybridized carbons (Fsp3) is 0.300. The fourth-order valence-corrected chi connectivity index (χ4v) is 2.12. The zero-order valence-corrected chi connectivity index (χ0v) is 8.56. The summed E-state index contributed by atoms with van der Waals surface area (Å²) < 4.78 is 1.25. The number of rotatable bonds is 2. The Bertz CT molecular complexity index is 406. The van der Waals surface area contributed by atoms with E-state index in [2.05, 4.69) is 35.6 Å². The van der Waals surface area contributed by atoms with E-state index in [4.69, 9.17) is 0 Å². The molecule has 2 aromatic heterocycles. The van der Waals surface area contributed by atoms with Crippen LogP contribution in [0.1, 0.15) is 13.8 Å². The molecule has 0 radical (unpaired) electrons. The highest BCUT2D eigenvalue weighted by atomic mass is 32.1. The van der Waals surface area contributed by atoms with Gasteiger partial charge in [-0.25, -0.2) is 4.98 Å². The molecule has 2 aromatic rings. The Morgan fingerprint density at radius 3 is 3.00 bits per heavy atom. The Balaban J connectivity index is 2.48. The molecule has 2 nitrogen and oxygen atoms in total. The van der Waals surface area contributed by atoms with Crippen LogP contribution in [0.25, 0.3) is 10.1 Å². The highest BCUT2D eigenvalue weighted by molar-refractivity contribution is 7.17. The summed E-state index contributed by atoms with van der Waals surface area (Å²) in [6.07, 6.45) is 1.85. The van der Waals surface area contributed by atoms with Crippen molar-refractivity contribution in [3.63, 3.8) is 0 Å². The van der Waals surface area contributed by atoms with Gasteiger partial charge in [0.1, 0.15) is 5.82 Å². The van der Waals surface area contributed by atoms with Crippen molar-refractivity contribution in [3.8, 4) is 0 Å². The van der Waals surface area contributed by atoms with Gasteiger partial charge in [0.05, 0.1) is 4.70 Å². The Kier molecular flexibility index (Phi) is 2.19. The summed E-state index contributed by atoms with van der Waals surface area (Å²) in [5, 5.41) is 6.70. The van der Waals surface area contributed by atoms with Gasteiger partial charge in [-0.1, -0.05) is 0 Å². The van der Waals surface area contributed by atoms with Crippen LogP contribution in [-0.4, -0.2) is 11.0 Å². The van der Waals surface area contributed by atoms with Crippen LogP contribution in [0, 0.1) is 0 Å². The average molecular weight is 192 g/mol. The van der Waals surface area contributed by atoms with E-state index in [1.807, 2.05) is 12.3 Å². The van der Waals surface area contributed by atoms with Crippen LogP contribution in [0.5, 0.6) is 0 Å². The Morgan fingerprint density at radius 2 is 2.23 bits per heavy atom. The molecule has 0 spiro atoms. The van der Waals surface area contributed by atoms with Crippen LogP contribution in [0.2, 0.25) is 0 Å². The van der Waals surface area contributed by atoms with Crippen LogP contribution in [0.3, 0.4) is 0 Å². The van der Waals surface area contributed by atoms with Gasteiger partial charge < -0.3 is 5.32 Å². The minimum absolute atomic E-state index is 0.431. The first-order valence-corrected chi connectivity index (χ1v) is 5.24. The smallest absolute Gasteiger partial charge is 0.144 e. The van der Waals surface area contributed by atoms with Gasteiger partial charge in [0.15, 0.2) is 0 Å². The van der Waals surface area contributed by atoms with Crippen molar-refractivity contribution in [1.29, 1.82) is 0 Å². The maximum Gasteiger partial charge on any atom is 0.144 e. The predicted octanol–water partition coefficient (Wildman–Crippen LogP) is 3.12. The normalized spacial score (nSPS) is 11.0. The Morgan fingerprint density at radius 1 is 1.38 bits per heavy atom. The van der Waals surface area contributed by atoms with E-state index in [-0.39, 0.29) is 0 Å². The first-order chi connectivity index (χ1) is 6.27. The molecule has 3 heteroatoms. The summed E-state index contributed by atoms with van der Waals surface area (Å²) >= 11 is 1.73. The van der Waals surface area contributed by atoms with Crippen LogP contribution >= 0.6 is 11.3 Å². The molecule has 0 aliphatic carbocycles. The lowest BCUT2D eigenvalue weighted by Crippen LogP contribution is -2.10. The summed E-state index contributed by atoms with van der Waals surface area (Å²) in [5.41, 5.74) is 0. The van der Waals surface area contributed by atoms with Gasteiger partial charge in [-0.2, -0.15) is 0 Å². The number of fused-ring (bicyclic) bond motifs is 1. The van der Waals surface area contributed by atoms with E-state index in [9.17, 15) is 0 Å². The van der Waals surface area contributed by atoms with Gasteiger partial charge in [0.25, 0.3) is 0 Å². The lowest BCUT2D eigenvalue weighted by Gasteiger charge is -2.08. The molecular weight excluding hydrogens is 180 g/mol. The number of nitrogens with zero attached hydrogens (tertiary/aromatic N) is 1. The number of hydrogen-bond donors (Lipinski definition) is 1. The number of thiophene rings is 1. The fourth-order valence-electron chi connectivity index (χ4n) is 1.27. The summed E-state index contributed by atoms with van der Waals surface area (Å²) in [4.78, 5) is 4.32. The SMILES string of the molecule is CC(C)Nc1nccc2ccsc12. The quantitative estimate of drug-likeness (QED) is 0.790. The molecule has 0 amide bonds. The molecule has 0 saturated carbocycles. The molecule has 68 valence electrons. The Labute approximate surface area is 81.6 Å². The van der Waals surface area contributed by atoms with E-state index in [0.29, 0.717) is 6.04 Å². The molecule has 0 saturated heterocycles. The second-order valence-corrected chi connectivity index (χ2v) is 4.21. The van der Waals surface area contributed by atoms with Gasteiger partial charge in [0, 0.05) is 12.2 Å². The van der Waals surface area contributed by atoms with Gasteiger partial charge in [0.2, 0.25) is 0 Å². The van der Waals surface area contributed by atoms with Gasteiger partial charge in [-0.3, -0.25) is 0 Å². The number of anilines is 1. The van der Waals surface area contributed by atoms with E-state index in [0.717, 1.165) is 5.82 Å². The molecule has 13 heavy (non-hydrogen) atoms. The molecule has 0 aromatic carbocycles. The summed E-state index contributed by atoms with van der Waals surface area (Å²) in [6.45, 7) is 4.24.